The van der Waals surface area contributed by atoms with Crippen LogP contribution in [0.2, 0.25) is 0 Å². The van der Waals surface area contributed by atoms with Gasteiger partial charge in [-0.15, -0.1) is 24.5 Å². The van der Waals surface area contributed by atoms with Crippen molar-refractivity contribution < 1.29 is 23.0 Å². The Balaban J connectivity index is 1.68. The maximum atomic E-state index is 12.6. The number of anilines is 3. The molecule has 0 spiro atoms. The third kappa shape index (κ3) is 4.89. The molecule has 0 aliphatic heterocycles. The van der Waals surface area contributed by atoms with Gasteiger partial charge in [0, 0.05) is 16.6 Å². The van der Waals surface area contributed by atoms with Crippen LogP contribution in [0.1, 0.15) is 11.1 Å². The first-order valence-electron chi connectivity index (χ1n) is 11.0. The quantitative estimate of drug-likeness (QED) is 0.257. The predicted octanol–water partition coefficient (Wildman–Crippen LogP) is 7.53. The maximum absolute atomic E-state index is 12.6. The van der Waals surface area contributed by atoms with Crippen LogP contribution in [0.4, 0.5) is 30.5 Å². The maximum Gasteiger partial charge on any atom is 0.573 e. The average Bonchev–Trinajstić information content (AvgIpc) is 3.34. The molecular weight excluding hydrogens is 487 g/mol. The summed E-state index contributed by atoms with van der Waals surface area (Å²) in [4.78, 5) is 12.4. The second-order valence-corrected chi connectivity index (χ2v) is 8.93. The zero-order valence-electron chi connectivity index (χ0n) is 19.0. The number of aliphatic hydroxyl groups is 1. The van der Waals surface area contributed by atoms with Crippen molar-refractivity contribution >= 4 is 38.9 Å². The SMILES string of the molecule is Cc1ccc(CO)cc1N(c1ccccc1)c1nc(-c2ccc(OC(F)(F)F)cc2)c2ccsc2n1. The highest BCUT2D eigenvalue weighted by Crippen LogP contribution is 2.39. The number of halogens is 3. The number of benzene rings is 3. The van der Waals surface area contributed by atoms with Gasteiger partial charge in [0.15, 0.2) is 0 Å². The van der Waals surface area contributed by atoms with Crippen molar-refractivity contribution in [1.29, 1.82) is 0 Å². The lowest BCUT2D eigenvalue weighted by atomic mass is 10.1. The lowest BCUT2D eigenvalue weighted by Gasteiger charge is -2.26. The summed E-state index contributed by atoms with van der Waals surface area (Å²) in [5, 5.41) is 12.4. The van der Waals surface area contributed by atoms with Crippen LogP contribution in [0.5, 0.6) is 5.75 Å². The molecular formula is C27H20F3N3O2S. The van der Waals surface area contributed by atoms with Gasteiger partial charge in [0.05, 0.1) is 18.0 Å². The van der Waals surface area contributed by atoms with E-state index in [2.05, 4.69) is 4.74 Å². The van der Waals surface area contributed by atoms with E-state index < -0.39 is 6.36 Å². The Kier molecular flexibility index (Phi) is 6.34. The molecule has 1 N–H and O–H groups in total. The summed E-state index contributed by atoms with van der Waals surface area (Å²) in [5.74, 6) is 0.101. The zero-order chi connectivity index (χ0) is 25.3. The van der Waals surface area contributed by atoms with Crippen LogP contribution in [-0.2, 0) is 6.61 Å². The number of thiophene rings is 1. The van der Waals surface area contributed by atoms with Crippen LogP contribution >= 0.6 is 11.3 Å². The minimum Gasteiger partial charge on any atom is -0.406 e. The van der Waals surface area contributed by atoms with Crippen LogP contribution in [0.3, 0.4) is 0 Å². The van der Waals surface area contributed by atoms with Crippen molar-refractivity contribution in [2.24, 2.45) is 0 Å². The molecule has 0 unspecified atom stereocenters. The number of alkyl halides is 3. The molecule has 182 valence electrons. The van der Waals surface area contributed by atoms with Gasteiger partial charge >= 0.3 is 6.36 Å². The summed E-state index contributed by atoms with van der Waals surface area (Å²) in [5.41, 5.74) is 4.56. The molecule has 5 rings (SSSR count). The standard InChI is InChI=1S/C27H20F3N3O2S/c1-17-7-8-18(16-34)15-23(17)33(20-5-3-2-4-6-20)26-31-24(22-13-14-36-25(22)32-26)19-9-11-21(12-10-19)35-27(28,29)30/h2-15,34H,16H2,1H3. The number of aryl methyl sites for hydroxylation is 1. The number of fused-ring (bicyclic) bond motifs is 1. The Bertz CT molecular complexity index is 1500. The van der Waals surface area contributed by atoms with Gasteiger partial charge in [0.25, 0.3) is 0 Å². The van der Waals surface area contributed by atoms with Gasteiger partial charge in [-0.25, -0.2) is 9.97 Å². The highest BCUT2D eigenvalue weighted by atomic mass is 32.1. The molecule has 0 aliphatic rings. The molecule has 0 bridgehead atoms. The Morgan fingerprint density at radius 2 is 1.69 bits per heavy atom. The number of ether oxygens (including phenoxy) is 1. The smallest absolute Gasteiger partial charge is 0.406 e. The van der Waals surface area contributed by atoms with E-state index in [-0.39, 0.29) is 12.4 Å². The fourth-order valence-corrected chi connectivity index (χ4v) is 4.67. The van der Waals surface area contributed by atoms with Crippen molar-refractivity contribution in [2.45, 2.75) is 19.9 Å². The normalized spacial score (nSPS) is 11.6. The minimum absolute atomic E-state index is 0.113. The lowest BCUT2D eigenvalue weighted by molar-refractivity contribution is -0.274. The molecule has 36 heavy (non-hydrogen) atoms. The summed E-state index contributed by atoms with van der Waals surface area (Å²) in [6, 6.07) is 22.8. The topological polar surface area (TPSA) is 58.5 Å². The largest absolute Gasteiger partial charge is 0.573 e. The molecule has 5 nitrogen and oxygen atoms in total. The van der Waals surface area contributed by atoms with Crippen LogP contribution in [0.15, 0.2) is 84.2 Å². The number of aliphatic hydroxyl groups excluding tert-OH is 1. The fraction of sp³-hybridized carbons (Fsp3) is 0.111. The summed E-state index contributed by atoms with van der Waals surface area (Å²) in [6.45, 7) is 1.86. The predicted molar refractivity (Wildman–Crippen MR) is 135 cm³/mol. The van der Waals surface area contributed by atoms with Crippen LogP contribution in [-0.4, -0.2) is 21.4 Å². The van der Waals surface area contributed by atoms with Gasteiger partial charge in [-0.2, -0.15) is 0 Å². The number of aromatic nitrogens is 2. The van der Waals surface area contributed by atoms with Gasteiger partial charge in [0.2, 0.25) is 5.95 Å². The summed E-state index contributed by atoms with van der Waals surface area (Å²) >= 11 is 1.45. The van der Waals surface area contributed by atoms with Gasteiger partial charge < -0.3 is 9.84 Å². The lowest BCUT2D eigenvalue weighted by Crippen LogP contribution is -2.17. The van der Waals surface area contributed by atoms with E-state index in [1.54, 1.807) is 12.1 Å². The second-order valence-electron chi connectivity index (χ2n) is 8.03. The van der Waals surface area contributed by atoms with E-state index in [0.717, 1.165) is 32.7 Å². The molecule has 9 heteroatoms. The fourth-order valence-electron chi connectivity index (χ4n) is 3.91. The first-order chi connectivity index (χ1) is 17.3. The highest BCUT2D eigenvalue weighted by molar-refractivity contribution is 7.16. The monoisotopic (exact) mass is 507 g/mol. The van der Waals surface area contributed by atoms with E-state index in [1.165, 1.54) is 23.5 Å². The van der Waals surface area contributed by atoms with Crippen molar-refractivity contribution in [1.82, 2.24) is 9.97 Å². The van der Waals surface area contributed by atoms with Crippen molar-refractivity contribution in [3.8, 4) is 17.0 Å². The van der Waals surface area contributed by atoms with Crippen molar-refractivity contribution in [3.05, 3.63) is 95.4 Å². The molecule has 0 fully saturated rings. The number of hydrogen-bond acceptors (Lipinski definition) is 6. The van der Waals surface area contributed by atoms with Crippen LogP contribution in [0, 0.1) is 6.92 Å². The van der Waals surface area contributed by atoms with E-state index in [4.69, 9.17) is 9.97 Å². The summed E-state index contributed by atoms with van der Waals surface area (Å²) in [7, 11) is 0. The summed E-state index contributed by atoms with van der Waals surface area (Å²) in [6.07, 6.45) is -4.76. The Labute approximate surface area is 209 Å². The van der Waals surface area contributed by atoms with Gasteiger partial charge in [-0.3, -0.25) is 4.90 Å². The molecule has 2 heterocycles. The molecule has 0 atom stereocenters. The molecule has 5 aromatic rings. The van der Waals surface area contributed by atoms with Crippen molar-refractivity contribution in [2.75, 3.05) is 4.90 Å². The molecule has 0 saturated heterocycles. The molecule has 0 aliphatic carbocycles. The van der Waals surface area contributed by atoms with E-state index >= 15 is 0 Å². The van der Waals surface area contributed by atoms with Gasteiger partial charge in [0.1, 0.15) is 10.6 Å². The Morgan fingerprint density at radius 3 is 2.39 bits per heavy atom. The number of rotatable bonds is 6. The second kappa shape index (κ2) is 9.60. The summed E-state index contributed by atoms with van der Waals surface area (Å²) < 4.78 is 41.9. The molecule has 2 aromatic heterocycles. The van der Waals surface area contributed by atoms with E-state index in [1.807, 2.05) is 71.8 Å². The Morgan fingerprint density at radius 1 is 0.944 bits per heavy atom. The number of hydrogen-bond donors (Lipinski definition) is 1. The Hall–Kier alpha value is -3.95. The van der Waals surface area contributed by atoms with E-state index in [0.29, 0.717) is 17.2 Å². The average molecular weight is 508 g/mol. The highest BCUT2D eigenvalue weighted by Gasteiger charge is 2.31. The third-order valence-corrected chi connectivity index (χ3v) is 6.39. The minimum atomic E-state index is -4.76. The van der Waals surface area contributed by atoms with Gasteiger partial charge in [-0.1, -0.05) is 30.3 Å². The third-order valence-electron chi connectivity index (χ3n) is 5.59. The van der Waals surface area contributed by atoms with Crippen molar-refractivity contribution in [3.63, 3.8) is 0 Å². The van der Waals surface area contributed by atoms with Gasteiger partial charge in [-0.05, 0) is 72.0 Å². The zero-order valence-corrected chi connectivity index (χ0v) is 19.8. The molecule has 3 aromatic carbocycles. The number of para-hydroxylation sites is 1. The molecule has 0 amide bonds. The van der Waals surface area contributed by atoms with Crippen LogP contribution in [0.25, 0.3) is 21.5 Å². The first-order valence-corrected chi connectivity index (χ1v) is 11.9. The first kappa shape index (κ1) is 23.8. The number of nitrogens with zero attached hydrogens (tertiary/aromatic N) is 3. The van der Waals surface area contributed by atoms with Crippen LogP contribution < -0.4 is 9.64 Å². The van der Waals surface area contributed by atoms with E-state index in [9.17, 15) is 18.3 Å². The molecule has 0 saturated carbocycles. The molecule has 0 radical (unpaired) electrons.